The highest BCUT2D eigenvalue weighted by molar-refractivity contribution is 7.16. The number of halogens is 1. The molecule has 1 atom stereocenters. The second-order valence-electron chi connectivity index (χ2n) is 11.8. The van der Waals surface area contributed by atoms with E-state index >= 15 is 4.39 Å². The molecule has 5 heterocycles. The van der Waals surface area contributed by atoms with Crippen molar-refractivity contribution in [2.45, 2.75) is 31.8 Å². The third kappa shape index (κ3) is 4.31. The average molecular weight is 588 g/mol. The van der Waals surface area contributed by atoms with Crippen LogP contribution < -0.4 is 9.80 Å². The lowest BCUT2D eigenvalue weighted by Gasteiger charge is -2.61. The van der Waals surface area contributed by atoms with Crippen LogP contribution in [0.1, 0.15) is 34.9 Å². The lowest BCUT2D eigenvalue weighted by atomic mass is 9.72. The number of benzene rings is 1. The molecule has 4 aromatic rings. The highest BCUT2D eigenvalue weighted by Gasteiger charge is 2.54. The molecule has 3 fully saturated rings. The van der Waals surface area contributed by atoms with E-state index in [0.717, 1.165) is 40.9 Å². The summed E-state index contributed by atoms with van der Waals surface area (Å²) in [6, 6.07) is 12.1. The standard InChI is InChI=1S/C30H30FN7O3S/c1-17-3-5-18(6-4-17)25-24(10-32)42-29(33-25)35(2)27-22-9-21(20(31)11-38(22)34-26(27)19-7-8-19)36-13-30(14-36)15-37(16-30)28(41)23(40)12-39/h3-6,9,11,19,23,39-40H,7-8,12-16H2,1-2H3. The van der Waals surface area contributed by atoms with Crippen molar-refractivity contribution in [2.24, 2.45) is 5.41 Å². The molecule has 7 rings (SSSR count). The van der Waals surface area contributed by atoms with Gasteiger partial charge in [-0.2, -0.15) is 10.4 Å². The van der Waals surface area contributed by atoms with Gasteiger partial charge in [0.05, 0.1) is 35.4 Å². The van der Waals surface area contributed by atoms with Crippen LogP contribution in [0.5, 0.6) is 0 Å². The van der Waals surface area contributed by atoms with Gasteiger partial charge in [-0.25, -0.2) is 13.9 Å². The van der Waals surface area contributed by atoms with Crippen LogP contribution in [-0.2, 0) is 4.79 Å². The number of pyridine rings is 1. The number of fused-ring (bicyclic) bond motifs is 1. The van der Waals surface area contributed by atoms with E-state index in [2.05, 4.69) is 6.07 Å². The summed E-state index contributed by atoms with van der Waals surface area (Å²) in [7, 11) is 1.92. The minimum atomic E-state index is -1.40. The molecular weight excluding hydrogens is 557 g/mol. The number of likely N-dealkylation sites (tertiary alicyclic amines) is 1. The number of amides is 1. The van der Waals surface area contributed by atoms with Crippen molar-refractivity contribution in [1.82, 2.24) is 19.5 Å². The number of aryl methyl sites for hydroxylation is 1. The maximum absolute atomic E-state index is 15.4. The molecule has 216 valence electrons. The molecule has 1 unspecified atom stereocenters. The summed E-state index contributed by atoms with van der Waals surface area (Å²) in [5.41, 5.74) is 5.52. The summed E-state index contributed by atoms with van der Waals surface area (Å²) in [6.07, 6.45) is 2.06. The Hall–Kier alpha value is -4.05. The van der Waals surface area contributed by atoms with Gasteiger partial charge in [-0.15, -0.1) is 0 Å². The number of aromatic nitrogens is 3. The van der Waals surface area contributed by atoms with Crippen LogP contribution in [0.4, 0.5) is 20.9 Å². The van der Waals surface area contributed by atoms with E-state index < -0.39 is 18.6 Å². The largest absolute Gasteiger partial charge is 0.393 e. The van der Waals surface area contributed by atoms with Gasteiger partial charge in [0.25, 0.3) is 5.91 Å². The molecule has 12 heteroatoms. The van der Waals surface area contributed by atoms with E-state index in [4.69, 9.17) is 15.2 Å². The lowest BCUT2D eigenvalue weighted by Crippen LogP contribution is -2.74. The van der Waals surface area contributed by atoms with Crippen molar-refractivity contribution in [3.63, 3.8) is 0 Å². The Kier molecular flexibility index (Phi) is 6.23. The first-order chi connectivity index (χ1) is 20.2. The fraction of sp³-hybridized carbons (Fsp3) is 0.400. The summed E-state index contributed by atoms with van der Waals surface area (Å²) < 4.78 is 17.0. The van der Waals surface area contributed by atoms with Gasteiger partial charge >= 0.3 is 0 Å². The second kappa shape index (κ2) is 9.76. The van der Waals surface area contributed by atoms with Crippen molar-refractivity contribution in [3.8, 4) is 17.3 Å². The topological polar surface area (TPSA) is 121 Å². The Morgan fingerprint density at radius 3 is 2.62 bits per heavy atom. The summed E-state index contributed by atoms with van der Waals surface area (Å²) in [5, 5.41) is 34.1. The quantitative estimate of drug-likeness (QED) is 0.338. The minimum Gasteiger partial charge on any atom is -0.393 e. The first-order valence-electron chi connectivity index (χ1n) is 14.0. The highest BCUT2D eigenvalue weighted by atomic mass is 32.1. The summed E-state index contributed by atoms with van der Waals surface area (Å²) in [4.78, 5) is 23.1. The molecule has 1 saturated carbocycles. The second-order valence-corrected chi connectivity index (χ2v) is 12.8. The van der Waals surface area contributed by atoms with Gasteiger partial charge in [0, 0.05) is 50.1 Å². The Bertz CT molecular complexity index is 1740. The van der Waals surface area contributed by atoms with Gasteiger partial charge < -0.3 is 24.9 Å². The van der Waals surface area contributed by atoms with E-state index in [1.165, 1.54) is 22.4 Å². The number of aliphatic hydroxyl groups is 2. The van der Waals surface area contributed by atoms with Gasteiger partial charge in [0.1, 0.15) is 16.6 Å². The zero-order valence-electron chi connectivity index (χ0n) is 23.3. The van der Waals surface area contributed by atoms with Crippen LogP contribution in [0.15, 0.2) is 36.5 Å². The molecule has 3 aliphatic rings. The summed E-state index contributed by atoms with van der Waals surface area (Å²) in [5.74, 6) is -0.552. The maximum Gasteiger partial charge on any atom is 0.253 e. The fourth-order valence-corrected chi connectivity index (χ4v) is 7.01. The predicted molar refractivity (Wildman–Crippen MR) is 157 cm³/mol. The smallest absolute Gasteiger partial charge is 0.253 e. The first-order valence-corrected chi connectivity index (χ1v) is 14.8. The first kappa shape index (κ1) is 26.8. The number of hydrogen-bond donors (Lipinski definition) is 2. The van der Waals surface area contributed by atoms with Gasteiger partial charge in [0.2, 0.25) is 0 Å². The zero-order chi connectivity index (χ0) is 29.3. The third-order valence-electron chi connectivity index (χ3n) is 8.55. The molecule has 0 radical (unpaired) electrons. The Labute approximate surface area is 245 Å². The highest BCUT2D eigenvalue weighted by Crippen LogP contribution is 2.49. The summed E-state index contributed by atoms with van der Waals surface area (Å²) >= 11 is 1.33. The van der Waals surface area contributed by atoms with E-state index in [9.17, 15) is 15.2 Å². The number of thiazole rings is 1. The number of carbonyl (C=O) groups excluding carboxylic acids is 1. The van der Waals surface area contributed by atoms with E-state index in [-0.39, 0.29) is 11.2 Å². The Balaban J connectivity index is 1.20. The van der Waals surface area contributed by atoms with Gasteiger partial charge in [-0.05, 0) is 25.8 Å². The molecule has 0 bridgehead atoms. The molecule has 2 N–H and O–H groups in total. The van der Waals surface area contributed by atoms with Crippen molar-refractivity contribution < 1.29 is 19.4 Å². The number of nitriles is 1. The van der Waals surface area contributed by atoms with Crippen molar-refractivity contribution in [2.75, 3.05) is 49.6 Å². The zero-order valence-corrected chi connectivity index (χ0v) is 24.1. The molecule has 10 nitrogen and oxygen atoms in total. The normalized spacial score (nSPS) is 18.1. The number of rotatable bonds is 7. The molecule has 1 aliphatic carbocycles. The van der Waals surface area contributed by atoms with Crippen LogP contribution >= 0.6 is 11.3 Å². The molecule has 1 spiro atoms. The average Bonchev–Trinajstić information content (AvgIpc) is 3.59. The number of hydrogen-bond acceptors (Lipinski definition) is 9. The number of carbonyl (C=O) groups is 1. The molecule has 2 aliphatic heterocycles. The summed E-state index contributed by atoms with van der Waals surface area (Å²) in [6.45, 7) is 3.55. The molecular formula is C30H30FN7O3S. The SMILES string of the molecule is Cc1ccc(-c2nc(N(C)c3c(C4CC4)nn4cc(F)c(N5CC6(CN(C(=O)C(O)CO)C6)C5)cc34)sc2C#N)cc1. The third-order valence-corrected chi connectivity index (χ3v) is 9.58. The molecule has 1 aromatic carbocycles. The minimum absolute atomic E-state index is 0.136. The maximum atomic E-state index is 15.4. The monoisotopic (exact) mass is 587 g/mol. The van der Waals surface area contributed by atoms with Gasteiger partial charge in [0.15, 0.2) is 17.1 Å². The number of anilines is 3. The van der Waals surface area contributed by atoms with Crippen LogP contribution in [0.2, 0.25) is 0 Å². The predicted octanol–water partition coefficient (Wildman–Crippen LogP) is 3.42. The fourth-order valence-electron chi connectivity index (χ4n) is 6.15. The van der Waals surface area contributed by atoms with Crippen LogP contribution in [-0.4, -0.2) is 81.6 Å². The van der Waals surface area contributed by atoms with Crippen molar-refractivity contribution in [3.05, 3.63) is 58.5 Å². The van der Waals surface area contributed by atoms with E-state index in [1.54, 1.807) is 4.52 Å². The van der Waals surface area contributed by atoms with E-state index in [0.29, 0.717) is 53.5 Å². The van der Waals surface area contributed by atoms with Crippen molar-refractivity contribution >= 4 is 39.3 Å². The van der Waals surface area contributed by atoms with E-state index in [1.807, 2.05) is 54.1 Å². The van der Waals surface area contributed by atoms with Crippen LogP contribution in [0.25, 0.3) is 16.8 Å². The lowest BCUT2D eigenvalue weighted by molar-refractivity contribution is -0.156. The molecule has 1 amide bonds. The van der Waals surface area contributed by atoms with Crippen LogP contribution in [0.3, 0.4) is 0 Å². The van der Waals surface area contributed by atoms with Gasteiger partial charge in [-0.1, -0.05) is 41.2 Å². The molecule has 42 heavy (non-hydrogen) atoms. The Morgan fingerprint density at radius 1 is 1.26 bits per heavy atom. The van der Waals surface area contributed by atoms with Crippen LogP contribution in [0, 0.1) is 29.5 Å². The van der Waals surface area contributed by atoms with Crippen molar-refractivity contribution in [1.29, 1.82) is 5.26 Å². The number of aliphatic hydroxyl groups excluding tert-OH is 2. The Morgan fingerprint density at radius 2 is 1.98 bits per heavy atom. The van der Waals surface area contributed by atoms with Gasteiger partial charge in [-0.3, -0.25) is 4.79 Å². The number of nitrogens with zero attached hydrogens (tertiary/aromatic N) is 7. The molecule has 2 saturated heterocycles. The molecule has 3 aromatic heterocycles.